The molecule has 1 N–H and O–H groups in total. The average Bonchev–Trinajstić information content (AvgIpc) is 2.90. The Labute approximate surface area is 119 Å². The summed E-state index contributed by atoms with van der Waals surface area (Å²) in [5, 5.41) is 3.57. The second-order valence-corrected chi connectivity index (χ2v) is 5.56. The summed E-state index contributed by atoms with van der Waals surface area (Å²) in [7, 11) is 1.38. The zero-order chi connectivity index (χ0) is 13.9. The molecule has 1 aromatic heterocycles. The van der Waals surface area contributed by atoms with Gasteiger partial charge < -0.3 is 10.1 Å². The van der Waals surface area contributed by atoms with E-state index in [-0.39, 0.29) is 5.97 Å². The fraction of sp³-hybridized carbons (Fsp3) is 0.600. The highest BCUT2D eigenvalue weighted by Crippen LogP contribution is 2.29. The lowest BCUT2D eigenvalue weighted by Crippen LogP contribution is -2.41. The van der Waals surface area contributed by atoms with Crippen molar-refractivity contribution in [2.75, 3.05) is 25.5 Å². The van der Waals surface area contributed by atoms with Gasteiger partial charge in [0.25, 0.3) is 0 Å². The molecule has 20 heavy (non-hydrogen) atoms. The number of rotatable bonds is 3. The van der Waals surface area contributed by atoms with Crippen LogP contribution in [-0.2, 0) is 4.74 Å². The Bertz CT molecular complexity index is 492. The largest absolute Gasteiger partial charge is 0.464 e. The Morgan fingerprint density at radius 1 is 1.40 bits per heavy atom. The molecule has 0 saturated carbocycles. The summed E-state index contributed by atoms with van der Waals surface area (Å²) in [4.78, 5) is 18.1. The quantitative estimate of drug-likeness (QED) is 0.854. The van der Waals surface area contributed by atoms with Crippen LogP contribution in [0.3, 0.4) is 0 Å². The number of ether oxygens (including phenoxy) is 1. The third-order valence-corrected chi connectivity index (χ3v) is 4.36. The van der Waals surface area contributed by atoms with Crippen molar-refractivity contribution in [3.8, 4) is 0 Å². The summed E-state index contributed by atoms with van der Waals surface area (Å²) in [5.74, 6) is -0.389. The van der Waals surface area contributed by atoms with E-state index in [9.17, 15) is 4.79 Å². The molecule has 0 spiro atoms. The molecular formula is C15H21N3O2. The molecule has 2 aliphatic rings. The predicted octanol–water partition coefficient (Wildman–Crippen LogP) is 1.91. The number of esters is 1. The van der Waals surface area contributed by atoms with Gasteiger partial charge in [0, 0.05) is 30.5 Å². The number of hydrogen-bond acceptors (Lipinski definition) is 5. The molecule has 2 saturated heterocycles. The maximum atomic E-state index is 11.5. The predicted molar refractivity (Wildman–Crippen MR) is 76.8 cm³/mol. The molecule has 2 unspecified atom stereocenters. The van der Waals surface area contributed by atoms with E-state index in [4.69, 9.17) is 4.74 Å². The van der Waals surface area contributed by atoms with Gasteiger partial charge in [-0.15, -0.1) is 0 Å². The van der Waals surface area contributed by atoms with Gasteiger partial charge in [-0.2, -0.15) is 0 Å². The number of carbonyl (C=O) groups is 1. The van der Waals surface area contributed by atoms with E-state index in [2.05, 4.69) is 15.2 Å². The SMILES string of the molecule is COC(=O)c1cc(NC2CCN3CCCCC23)ccn1. The van der Waals surface area contributed by atoms with Crippen LogP contribution in [0.25, 0.3) is 0 Å². The molecule has 108 valence electrons. The molecule has 3 rings (SSSR count). The number of anilines is 1. The molecule has 0 aliphatic carbocycles. The number of nitrogens with zero attached hydrogens (tertiary/aromatic N) is 2. The summed E-state index contributed by atoms with van der Waals surface area (Å²) in [5.41, 5.74) is 1.31. The van der Waals surface area contributed by atoms with Gasteiger partial charge in [0.05, 0.1) is 7.11 Å². The first-order valence-electron chi connectivity index (χ1n) is 7.33. The molecule has 2 atom stereocenters. The first kappa shape index (κ1) is 13.4. The molecule has 2 aliphatic heterocycles. The van der Waals surface area contributed by atoms with E-state index in [0.29, 0.717) is 17.8 Å². The lowest BCUT2D eigenvalue weighted by molar-refractivity contribution is 0.0594. The minimum absolute atomic E-state index is 0.357. The number of pyridine rings is 1. The highest BCUT2D eigenvalue weighted by atomic mass is 16.5. The van der Waals surface area contributed by atoms with Gasteiger partial charge in [0.1, 0.15) is 5.69 Å². The third-order valence-electron chi connectivity index (χ3n) is 4.36. The summed E-state index contributed by atoms with van der Waals surface area (Å²) >= 11 is 0. The number of piperidine rings is 1. The maximum absolute atomic E-state index is 11.5. The number of carbonyl (C=O) groups excluding carboxylic acids is 1. The van der Waals surface area contributed by atoms with Crippen molar-refractivity contribution in [1.82, 2.24) is 9.88 Å². The highest BCUT2D eigenvalue weighted by molar-refractivity contribution is 5.88. The zero-order valence-electron chi connectivity index (χ0n) is 11.8. The maximum Gasteiger partial charge on any atom is 0.356 e. The number of hydrogen-bond donors (Lipinski definition) is 1. The van der Waals surface area contributed by atoms with Gasteiger partial charge in [-0.3, -0.25) is 4.90 Å². The van der Waals surface area contributed by atoms with Crippen LogP contribution < -0.4 is 5.32 Å². The lowest BCUT2D eigenvalue weighted by atomic mass is 9.99. The number of methoxy groups -OCH3 is 1. The normalized spacial score (nSPS) is 26.1. The van der Waals surface area contributed by atoms with Gasteiger partial charge >= 0.3 is 5.97 Å². The van der Waals surface area contributed by atoms with Crippen LogP contribution in [0, 0.1) is 0 Å². The van der Waals surface area contributed by atoms with E-state index in [1.807, 2.05) is 6.07 Å². The number of fused-ring (bicyclic) bond motifs is 1. The van der Waals surface area contributed by atoms with Crippen LogP contribution in [0.1, 0.15) is 36.2 Å². The Kier molecular flexibility index (Phi) is 3.87. The molecule has 1 aromatic rings. The lowest BCUT2D eigenvalue weighted by Gasteiger charge is -2.33. The van der Waals surface area contributed by atoms with Crippen LogP contribution in [-0.4, -0.2) is 48.1 Å². The van der Waals surface area contributed by atoms with Gasteiger partial charge in [-0.1, -0.05) is 6.42 Å². The first-order chi connectivity index (χ1) is 9.78. The van der Waals surface area contributed by atoms with Crippen LogP contribution in [0.4, 0.5) is 5.69 Å². The second-order valence-electron chi connectivity index (χ2n) is 5.56. The highest BCUT2D eigenvalue weighted by Gasteiger charge is 2.35. The minimum atomic E-state index is -0.389. The number of nitrogens with one attached hydrogen (secondary N) is 1. The topological polar surface area (TPSA) is 54.5 Å². The Morgan fingerprint density at radius 3 is 3.15 bits per heavy atom. The van der Waals surface area contributed by atoms with E-state index in [0.717, 1.165) is 5.69 Å². The molecule has 5 nitrogen and oxygen atoms in total. The van der Waals surface area contributed by atoms with E-state index in [1.165, 1.54) is 45.9 Å². The third kappa shape index (κ3) is 2.63. The van der Waals surface area contributed by atoms with Crippen LogP contribution in [0.2, 0.25) is 0 Å². The Morgan fingerprint density at radius 2 is 2.30 bits per heavy atom. The van der Waals surface area contributed by atoms with Gasteiger partial charge in [0.15, 0.2) is 0 Å². The van der Waals surface area contributed by atoms with Crippen molar-refractivity contribution < 1.29 is 9.53 Å². The fourth-order valence-electron chi connectivity index (χ4n) is 3.37. The van der Waals surface area contributed by atoms with E-state index < -0.39 is 0 Å². The van der Waals surface area contributed by atoms with Crippen molar-refractivity contribution in [3.63, 3.8) is 0 Å². The molecular weight excluding hydrogens is 254 g/mol. The Balaban J connectivity index is 1.70. The van der Waals surface area contributed by atoms with E-state index >= 15 is 0 Å². The summed E-state index contributed by atoms with van der Waals surface area (Å²) in [6.07, 6.45) is 6.74. The molecule has 5 heteroatoms. The molecule has 0 radical (unpaired) electrons. The molecule has 3 heterocycles. The van der Waals surface area contributed by atoms with Crippen molar-refractivity contribution in [1.29, 1.82) is 0 Å². The summed E-state index contributed by atoms with van der Waals surface area (Å²) < 4.78 is 4.71. The van der Waals surface area contributed by atoms with Crippen LogP contribution in [0.5, 0.6) is 0 Å². The van der Waals surface area contributed by atoms with Crippen LogP contribution in [0.15, 0.2) is 18.3 Å². The van der Waals surface area contributed by atoms with Crippen LogP contribution >= 0.6 is 0 Å². The second kappa shape index (κ2) is 5.79. The van der Waals surface area contributed by atoms with Crippen molar-refractivity contribution in [2.24, 2.45) is 0 Å². The molecule has 0 aromatic carbocycles. The average molecular weight is 275 g/mol. The summed E-state index contributed by atoms with van der Waals surface area (Å²) in [6, 6.07) is 4.80. The molecule has 2 fully saturated rings. The smallest absolute Gasteiger partial charge is 0.356 e. The van der Waals surface area contributed by atoms with Gasteiger partial charge in [-0.05, 0) is 37.9 Å². The zero-order valence-corrected chi connectivity index (χ0v) is 11.8. The molecule has 0 bridgehead atoms. The first-order valence-corrected chi connectivity index (χ1v) is 7.33. The van der Waals surface area contributed by atoms with Gasteiger partial charge in [-0.25, -0.2) is 9.78 Å². The monoisotopic (exact) mass is 275 g/mol. The van der Waals surface area contributed by atoms with Crippen molar-refractivity contribution in [2.45, 2.75) is 37.8 Å². The van der Waals surface area contributed by atoms with E-state index in [1.54, 1.807) is 12.3 Å². The number of aromatic nitrogens is 1. The Hall–Kier alpha value is -1.62. The fourth-order valence-corrected chi connectivity index (χ4v) is 3.37. The molecule has 0 amide bonds. The minimum Gasteiger partial charge on any atom is -0.464 e. The van der Waals surface area contributed by atoms with Crippen molar-refractivity contribution >= 4 is 11.7 Å². The standard InChI is InChI=1S/C15H21N3O2/c1-20-15(19)13-10-11(5-7-16-13)17-12-6-9-18-8-3-2-4-14(12)18/h5,7,10,12,14H,2-4,6,8-9H2,1H3,(H,16,17). The van der Waals surface area contributed by atoms with Crippen molar-refractivity contribution in [3.05, 3.63) is 24.0 Å². The van der Waals surface area contributed by atoms with Gasteiger partial charge in [0.2, 0.25) is 0 Å². The summed E-state index contributed by atoms with van der Waals surface area (Å²) in [6.45, 7) is 2.41.